The SMILES string of the molecule is CC(C)C(NC(=O)C(CO)NC(=O)C(CC(N)=O)NC(=O)C(N)C(C)O)C(=O)O. The molecule has 13 heteroatoms. The Labute approximate surface area is 167 Å². The van der Waals surface area contributed by atoms with E-state index in [1.165, 1.54) is 6.92 Å². The van der Waals surface area contributed by atoms with Crippen LogP contribution in [0.4, 0.5) is 0 Å². The fourth-order valence-corrected chi connectivity index (χ4v) is 2.13. The maximum atomic E-state index is 12.4. The summed E-state index contributed by atoms with van der Waals surface area (Å²) in [5, 5.41) is 34.3. The van der Waals surface area contributed by atoms with E-state index in [2.05, 4.69) is 16.0 Å². The van der Waals surface area contributed by atoms with Crippen LogP contribution < -0.4 is 27.4 Å². The molecular weight excluding hydrogens is 390 g/mol. The Kier molecular flexibility index (Phi) is 10.8. The number of aliphatic hydroxyl groups is 2. The second kappa shape index (κ2) is 11.9. The van der Waals surface area contributed by atoms with E-state index < -0.39 is 78.8 Å². The number of nitrogens with two attached hydrogens (primary N) is 2. The molecule has 29 heavy (non-hydrogen) atoms. The third-order valence-electron chi connectivity index (χ3n) is 3.91. The minimum Gasteiger partial charge on any atom is -0.480 e. The summed E-state index contributed by atoms with van der Waals surface area (Å²) in [5.74, 6) is -5.70. The lowest BCUT2D eigenvalue weighted by Crippen LogP contribution is -2.59. The molecule has 0 aromatic heterocycles. The Bertz CT molecular complexity index is 624. The molecule has 0 saturated carbocycles. The fourth-order valence-electron chi connectivity index (χ4n) is 2.13. The zero-order valence-corrected chi connectivity index (χ0v) is 16.4. The molecule has 0 spiro atoms. The van der Waals surface area contributed by atoms with Crippen molar-refractivity contribution in [3.8, 4) is 0 Å². The summed E-state index contributed by atoms with van der Waals surface area (Å²) >= 11 is 0. The molecule has 4 amide bonds. The predicted octanol–water partition coefficient (Wildman–Crippen LogP) is -4.24. The normalized spacial score (nSPS) is 16.1. The summed E-state index contributed by atoms with van der Waals surface area (Å²) in [5.41, 5.74) is 10.5. The molecule has 166 valence electrons. The van der Waals surface area contributed by atoms with Crippen LogP contribution in [0, 0.1) is 5.92 Å². The second-order valence-electron chi connectivity index (χ2n) is 6.81. The zero-order valence-electron chi connectivity index (χ0n) is 16.4. The predicted molar refractivity (Wildman–Crippen MR) is 98.8 cm³/mol. The number of rotatable bonds is 12. The van der Waals surface area contributed by atoms with Gasteiger partial charge in [0.15, 0.2) is 0 Å². The molecule has 0 bridgehead atoms. The van der Waals surface area contributed by atoms with Gasteiger partial charge in [-0.25, -0.2) is 4.79 Å². The van der Waals surface area contributed by atoms with E-state index in [1.807, 2.05) is 0 Å². The molecule has 0 heterocycles. The second-order valence-corrected chi connectivity index (χ2v) is 6.81. The van der Waals surface area contributed by atoms with Gasteiger partial charge in [0, 0.05) is 0 Å². The van der Waals surface area contributed by atoms with Gasteiger partial charge in [-0.2, -0.15) is 0 Å². The molecule has 0 aromatic carbocycles. The quantitative estimate of drug-likeness (QED) is 0.153. The van der Waals surface area contributed by atoms with Crippen molar-refractivity contribution in [2.45, 2.75) is 57.5 Å². The van der Waals surface area contributed by atoms with Crippen molar-refractivity contribution in [3.63, 3.8) is 0 Å². The molecule has 10 N–H and O–H groups in total. The maximum Gasteiger partial charge on any atom is 0.326 e. The van der Waals surface area contributed by atoms with Crippen molar-refractivity contribution in [2.24, 2.45) is 17.4 Å². The number of hydrogen-bond donors (Lipinski definition) is 8. The summed E-state index contributed by atoms with van der Waals surface area (Å²) in [4.78, 5) is 58.9. The van der Waals surface area contributed by atoms with Crippen molar-refractivity contribution in [3.05, 3.63) is 0 Å². The summed E-state index contributed by atoms with van der Waals surface area (Å²) in [7, 11) is 0. The van der Waals surface area contributed by atoms with Gasteiger partial charge in [-0.05, 0) is 12.8 Å². The Morgan fingerprint density at radius 2 is 1.38 bits per heavy atom. The number of carbonyl (C=O) groups is 5. The van der Waals surface area contributed by atoms with E-state index in [1.54, 1.807) is 13.8 Å². The third-order valence-corrected chi connectivity index (χ3v) is 3.91. The first-order chi connectivity index (χ1) is 13.3. The lowest BCUT2D eigenvalue weighted by Gasteiger charge is -2.25. The molecular formula is C16H29N5O8. The largest absolute Gasteiger partial charge is 0.480 e. The Morgan fingerprint density at radius 1 is 0.897 bits per heavy atom. The highest BCUT2D eigenvalue weighted by molar-refractivity contribution is 5.96. The lowest BCUT2D eigenvalue weighted by molar-refractivity contribution is -0.144. The van der Waals surface area contributed by atoms with Crippen LogP contribution in [0.3, 0.4) is 0 Å². The maximum absolute atomic E-state index is 12.4. The molecule has 0 saturated heterocycles. The van der Waals surface area contributed by atoms with Crippen molar-refractivity contribution in [1.82, 2.24) is 16.0 Å². The molecule has 13 nitrogen and oxygen atoms in total. The molecule has 0 radical (unpaired) electrons. The average molecular weight is 419 g/mol. The van der Waals surface area contributed by atoms with E-state index in [0.29, 0.717) is 0 Å². The molecule has 0 aliphatic heterocycles. The van der Waals surface area contributed by atoms with Crippen LogP contribution in [-0.4, -0.2) is 81.8 Å². The smallest absolute Gasteiger partial charge is 0.326 e. The number of hydrogen-bond acceptors (Lipinski definition) is 8. The summed E-state index contributed by atoms with van der Waals surface area (Å²) in [6, 6.07) is -5.75. The summed E-state index contributed by atoms with van der Waals surface area (Å²) in [6.07, 6.45) is -1.89. The summed E-state index contributed by atoms with van der Waals surface area (Å²) in [6.45, 7) is 3.46. The molecule has 0 aliphatic rings. The van der Waals surface area contributed by atoms with Crippen LogP contribution in [0.1, 0.15) is 27.2 Å². The third kappa shape index (κ3) is 8.85. The standard InChI is InChI=1S/C16H29N5O8/c1-6(2)12(16(28)29)21-14(26)9(5-22)20-13(25)8(4-10(17)24)19-15(27)11(18)7(3)23/h6-9,11-12,22-23H,4-5,18H2,1-3H3,(H2,17,24)(H,19,27)(H,20,25)(H,21,26)(H,28,29). The Hall–Kier alpha value is -2.77. The van der Waals surface area contributed by atoms with Crippen LogP contribution in [0.5, 0.6) is 0 Å². The average Bonchev–Trinajstić information content (AvgIpc) is 2.61. The molecule has 0 rings (SSSR count). The lowest BCUT2D eigenvalue weighted by atomic mass is 10.0. The van der Waals surface area contributed by atoms with Gasteiger partial charge in [0.05, 0.1) is 19.1 Å². The van der Waals surface area contributed by atoms with E-state index in [-0.39, 0.29) is 0 Å². The number of aliphatic hydroxyl groups excluding tert-OH is 2. The van der Waals surface area contributed by atoms with Crippen molar-refractivity contribution in [2.75, 3.05) is 6.61 Å². The van der Waals surface area contributed by atoms with Crippen molar-refractivity contribution >= 4 is 29.6 Å². The first kappa shape index (κ1) is 26.2. The van der Waals surface area contributed by atoms with Crippen LogP contribution in [-0.2, 0) is 24.0 Å². The van der Waals surface area contributed by atoms with Gasteiger partial charge in [0.1, 0.15) is 24.2 Å². The topological polar surface area (TPSA) is 234 Å². The van der Waals surface area contributed by atoms with Gasteiger partial charge in [0.25, 0.3) is 0 Å². The molecule has 0 aromatic rings. The van der Waals surface area contributed by atoms with Gasteiger partial charge in [-0.15, -0.1) is 0 Å². The number of carboxylic acids is 1. The minimum atomic E-state index is -1.55. The van der Waals surface area contributed by atoms with Crippen LogP contribution in [0.2, 0.25) is 0 Å². The van der Waals surface area contributed by atoms with Gasteiger partial charge < -0.3 is 42.7 Å². The van der Waals surface area contributed by atoms with Crippen molar-refractivity contribution in [1.29, 1.82) is 0 Å². The van der Waals surface area contributed by atoms with Gasteiger partial charge in [-0.3, -0.25) is 19.2 Å². The molecule has 0 fully saturated rings. The number of aliphatic carboxylic acids is 1. The first-order valence-corrected chi connectivity index (χ1v) is 8.78. The van der Waals surface area contributed by atoms with E-state index in [9.17, 15) is 34.2 Å². The minimum absolute atomic E-state index is 0.477. The highest BCUT2D eigenvalue weighted by Crippen LogP contribution is 2.03. The molecule has 5 unspecified atom stereocenters. The number of nitrogens with one attached hydrogen (secondary N) is 3. The number of carboxylic acid groups (broad SMARTS) is 1. The van der Waals surface area contributed by atoms with E-state index >= 15 is 0 Å². The van der Waals surface area contributed by atoms with Gasteiger partial charge in [-0.1, -0.05) is 13.8 Å². The first-order valence-electron chi connectivity index (χ1n) is 8.78. The van der Waals surface area contributed by atoms with Crippen LogP contribution in [0.15, 0.2) is 0 Å². The zero-order chi connectivity index (χ0) is 22.9. The van der Waals surface area contributed by atoms with Crippen LogP contribution in [0.25, 0.3) is 0 Å². The number of carbonyl (C=O) groups excluding carboxylic acids is 4. The highest BCUT2D eigenvalue weighted by atomic mass is 16.4. The molecule has 0 aliphatic carbocycles. The Balaban J connectivity index is 5.27. The fraction of sp³-hybridized carbons (Fsp3) is 0.688. The van der Waals surface area contributed by atoms with E-state index in [4.69, 9.17) is 16.6 Å². The van der Waals surface area contributed by atoms with E-state index in [0.717, 1.165) is 0 Å². The number of amides is 4. The van der Waals surface area contributed by atoms with Gasteiger partial charge in [0.2, 0.25) is 23.6 Å². The monoisotopic (exact) mass is 419 g/mol. The molecule has 5 atom stereocenters. The van der Waals surface area contributed by atoms with Crippen molar-refractivity contribution < 1.29 is 39.3 Å². The van der Waals surface area contributed by atoms with Gasteiger partial charge >= 0.3 is 5.97 Å². The summed E-state index contributed by atoms with van der Waals surface area (Å²) < 4.78 is 0. The van der Waals surface area contributed by atoms with Crippen LogP contribution >= 0.6 is 0 Å². The number of primary amides is 1. The Morgan fingerprint density at radius 3 is 1.76 bits per heavy atom. The highest BCUT2D eigenvalue weighted by Gasteiger charge is 2.32.